The van der Waals surface area contributed by atoms with E-state index in [2.05, 4.69) is 55.7 Å². The second-order valence-electron chi connectivity index (χ2n) is 7.12. The summed E-state index contributed by atoms with van der Waals surface area (Å²) in [6, 6.07) is 8.96. The molecule has 25 heavy (non-hydrogen) atoms. The molecule has 1 aliphatic carbocycles. The van der Waals surface area contributed by atoms with E-state index >= 15 is 0 Å². The van der Waals surface area contributed by atoms with E-state index in [1.165, 1.54) is 55.3 Å². The summed E-state index contributed by atoms with van der Waals surface area (Å²) >= 11 is 1.44. The van der Waals surface area contributed by atoms with Crippen molar-refractivity contribution in [2.45, 2.75) is 32.7 Å². The fourth-order valence-electron chi connectivity index (χ4n) is 3.33. The minimum atomic E-state index is 0.799. The lowest BCUT2D eigenvalue weighted by atomic mass is 10.1. The van der Waals surface area contributed by atoms with Crippen LogP contribution in [0.15, 0.2) is 24.3 Å². The van der Waals surface area contributed by atoms with Crippen LogP contribution in [-0.4, -0.2) is 47.0 Å². The smallest absolute Gasteiger partial charge is 0.202 e. The van der Waals surface area contributed by atoms with Gasteiger partial charge in [-0.2, -0.15) is 4.37 Å². The van der Waals surface area contributed by atoms with E-state index in [1.54, 1.807) is 0 Å². The van der Waals surface area contributed by atoms with Crippen LogP contribution < -0.4 is 10.2 Å². The minimum absolute atomic E-state index is 0.799. The molecule has 0 bridgehead atoms. The van der Waals surface area contributed by atoms with Crippen LogP contribution in [0.3, 0.4) is 0 Å². The van der Waals surface area contributed by atoms with E-state index in [-0.39, 0.29) is 0 Å². The number of hydrogen-bond donors (Lipinski definition) is 1. The number of hydrogen-bond acceptors (Lipinski definition) is 6. The van der Waals surface area contributed by atoms with Crippen LogP contribution in [0.4, 0.5) is 10.8 Å². The second kappa shape index (κ2) is 7.70. The number of rotatable bonds is 7. The Morgan fingerprint density at radius 1 is 1.12 bits per heavy atom. The summed E-state index contributed by atoms with van der Waals surface area (Å²) in [4.78, 5) is 9.60. The lowest BCUT2D eigenvalue weighted by Gasteiger charge is -2.36. The molecule has 0 unspecified atom stereocenters. The summed E-state index contributed by atoms with van der Waals surface area (Å²) in [5.41, 5.74) is 2.63. The SMILES string of the molecule is CCc1nsc(NCc2ccc(N3CCN(CC4CC4)CC3)cc2)n1. The molecule has 6 heteroatoms. The molecule has 2 aliphatic rings. The Balaban J connectivity index is 1.26. The van der Waals surface area contributed by atoms with Crippen molar-refractivity contribution in [3.63, 3.8) is 0 Å². The van der Waals surface area contributed by atoms with Crippen LogP contribution in [0.25, 0.3) is 0 Å². The zero-order valence-electron chi connectivity index (χ0n) is 14.9. The number of nitrogens with one attached hydrogen (secondary N) is 1. The summed E-state index contributed by atoms with van der Waals surface area (Å²) in [6.07, 6.45) is 3.79. The topological polar surface area (TPSA) is 44.3 Å². The zero-order chi connectivity index (χ0) is 17.1. The van der Waals surface area contributed by atoms with Gasteiger partial charge in [-0.25, -0.2) is 4.98 Å². The van der Waals surface area contributed by atoms with Crippen molar-refractivity contribution in [3.05, 3.63) is 35.7 Å². The number of aromatic nitrogens is 2. The Morgan fingerprint density at radius 3 is 2.52 bits per heavy atom. The van der Waals surface area contributed by atoms with Crippen LogP contribution in [-0.2, 0) is 13.0 Å². The highest BCUT2D eigenvalue weighted by molar-refractivity contribution is 7.09. The first kappa shape index (κ1) is 16.8. The van der Waals surface area contributed by atoms with Crippen molar-refractivity contribution in [2.24, 2.45) is 5.92 Å². The first-order chi connectivity index (χ1) is 12.3. The highest BCUT2D eigenvalue weighted by atomic mass is 32.1. The van der Waals surface area contributed by atoms with Gasteiger partial charge < -0.3 is 10.2 Å². The molecule has 134 valence electrons. The summed E-state index contributed by atoms with van der Waals surface area (Å²) < 4.78 is 4.31. The Kier molecular flexibility index (Phi) is 5.17. The number of benzene rings is 1. The molecular weight excluding hydrogens is 330 g/mol. The molecule has 1 saturated heterocycles. The molecule has 2 fully saturated rings. The van der Waals surface area contributed by atoms with Gasteiger partial charge in [-0.15, -0.1) is 0 Å². The molecule has 4 rings (SSSR count). The number of nitrogens with zero attached hydrogens (tertiary/aromatic N) is 4. The fraction of sp³-hybridized carbons (Fsp3) is 0.579. The average Bonchev–Trinajstić information content (AvgIpc) is 3.35. The van der Waals surface area contributed by atoms with Crippen molar-refractivity contribution in [1.82, 2.24) is 14.3 Å². The van der Waals surface area contributed by atoms with Gasteiger partial charge in [0.1, 0.15) is 5.82 Å². The third-order valence-corrected chi connectivity index (χ3v) is 5.83. The van der Waals surface area contributed by atoms with Crippen LogP contribution in [0.1, 0.15) is 31.2 Å². The molecule has 0 spiro atoms. The molecule has 1 aliphatic heterocycles. The average molecular weight is 358 g/mol. The molecule has 1 N–H and O–H groups in total. The van der Waals surface area contributed by atoms with E-state index in [9.17, 15) is 0 Å². The van der Waals surface area contributed by atoms with E-state index in [0.717, 1.165) is 42.9 Å². The van der Waals surface area contributed by atoms with Gasteiger partial charge in [0.25, 0.3) is 0 Å². The van der Waals surface area contributed by atoms with Gasteiger partial charge in [-0.05, 0) is 36.5 Å². The van der Waals surface area contributed by atoms with Gasteiger partial charge in [0.05, 0.1) is 0 Å². The van der Waals surface area contributed by atoms with Gasteiger partial charge in [-0.3, -0.25) is 4.90 Å². The van der Waals surface area contributed by atoms with Crippen LogP contribution >= 0.6 is 11.5 Å². The summed E-state index contributed by atoms with van der Waals surface area (Å²) in [6.45, 7) is 8.91. The van der Waals surface area contributed by atoms with Crippen LogP contribution in [0, 0.1) is 5.92 Å². The predicted octanol–water partition coefficient (Wildman–Crippen LogP) is 3.24. The van der Waals surface area contributed by atoms with Crippen molar-refractivity contribution >= 4 is 22.4 Å². The highest BCUT2D eigenvalue weighted by Crippen LogP contribution is 2.30. The van der Waals surface area contributed by atoms with Crippen molar-refractivity contribution in [1.29, 1.82) is 0 Å². The molecule has 2 heterocycles. The Bertz CT molecular complexity index is 671. The van der Waals surface area contributed by atoms with E-state index in [4.69, 9.17) is 0 Å². The summed E-state index contributed by atoms with van der Waals surface area (Å²) in [7, 11) is 0. The Morgan fingerprint density at radius 2 is 1.88 bits per heavy atom. The predicted molar refractivity (Wildman–Crippen MR) is 104 cm³/mol. The maximum Gasteiger partial charge on any atom is 0.202 e. The molecule has 1 saturated carbocycles. The third kappa shape index (κ3) is 4.50. The van der Waals surface area contributed by atoms with Crippen LogP contribution in [0.5, 0.6) is 0 Å². The lowest BCUT2D eigenvalue weighted by molar-refractivity contribution is 0.248. The van der Waals surface area contributed by atoms with Crippen molar-refractivity contribution < 1.29 is 0 Å². The third-order valence-electron chi connectivity index (χ3n) is 5.12. The largest absolute Gasteiger partial charge is 0.369 e. The normalized spacial score (nSPS) is 18.5. The monoisotopic (exact) mass is 357 g/mol. The highest BCUT2D eigenvalue weighted by Gasteiger charge is 2.26. The number of piperazine rings is 1. The number of aryl methyl sites for hydroxylation is 1. The van der Waals surface area contributed by atoms with E-state index < -0.39 is 0 Å². The first-order valence-electron chi connectivity index (χ1n) is 9.43. The van der Waals surface area contributed by atoms with Gasteiger partial charge in [0.2, 0.25) is 5.13 Å². The second-order valence-corrected chi connectivity index (χ2v) is 7.87. The first-order valence-corrected chi connectivity index (χ1v) is 10.2. The van der Waals surface area contributed by atoms with Gasteiger partial charge in [-0.1, -0.05) is 19.1 Å². The molecule has 0 atom stereocenters. The van der Waals surface area contributed by atoms with Gasteiger partial charge in [0.15, 0.2) is 0 Å². The van der Waals surface area contributed by atoms with Gasteiger partial charge >= 0.3 is 0 Å². The molecule has 2 aromatic rings. The van der Waals surface area contributed by atoms with Gasteiger partial charge in [0, 0.05) is 62.9 Å². The van der Waals surface area contributed by atoms with Crippen molar-refractivity contribution in [3.8, 4) is 0 Å². The molecule has 1 aromatic heterocycles. The van der Waals surface area contributed by atoms with Crippen molar-refractivity contribution in [2.75, 3.05) is 42.9 Å². The molecule has 1 aromatic carbocycles. The Hall–Kier alpha value is -1.66. The van der Waals surface area contributed by atoms with E-state index in [1.807, 2.05) is 0 Å². The van der Waals surface area contributed by atoms with E-state index in [0.29, 0.717) is 0 Å². The molecule has 5 nitrogen and oxygen atoms in total. The maximum absolute atomic E-state index is 4.45. The molecular formula is C19H27N5S. The fourth-order valence-corrected chi connectivity index (χ4v) is 3.97. The maximum atomic E-state index is 4.45. The molecule has 0 amide bonds. The summed E-state index contributed by atoms with van der Waals surface area (Å²) in [5, 5.41) is 4.28. The molecule has 0 radical (unpaired) electrons. The lowest BCUT2D eigenvalue weighted by Crippen LogP contribution is -2.47. The Labute approximate surface area is 154 Å². The van der Waals surface area contributed by atoms with Crippen LogP contribution in [0.2, 0.25) is 0 Å². The quantitative estimate of drug-likeness (QED) is 0.824. The standard InChI is InChI=1S/C19H27N5S/c1-2-18-21-19(25-22-18)20-13-15-5-7-17(8-6-15)24-11-9-23(10-12-24)14-16-3-4-16/h5-8,16H,2-4,9-14H2,1H3,(H,20,21,22). The minimum Gasteiger partial charge on any atom is -0.369 e. The zero-order valence-corrected chi connectivity index (χ0v) is 15.8. The summed E-state index contributed by atoms with van der Waals surface area (Å²) in [5.74, 6) is 1.92. The number of anilines is 2.